The van der Waals surface area contributed by atoms with E-state index >= 15 is 0 Å². The standard InChI is InChI=1S/C19H32N2/c1-14-8-10-19(11-9-14,21(4)5)18(20)13-17-12-15(2)6-7-16(17)3/h6-7,12,14,18H,8-11,13,20H2,1-5H3. The van der Waals surface area contributed by atoms with Gasteiger partial charge in [0.15, 0.2) is 0 Å². The first-order chi connectivity index (χ1) is 9.85. The summed E-state index contributed by atoms with van der Waals surface area (Å²) in [6.45, 7) is 6.74. The number of nitrogens with two attached hydrogens (primary N) is 1. The van der Waals surface area contributed by atoms with Crippen molar-refractivity contribution in [1.29, 1.82) is 0 Å². The van der Waals surface area contributed by atoms with Gasteiger partial charge < -0.3 is 10.6 Å². The van der Waals surface area contributed by atoms with Crippen LogP contribution in [0, 0.1) is 19.8 Å². The Morgan fingerprint density at radius 2 is 1.86 bits per heavy atom. The molecule has 2 N–H and O–H groups in total. The Labute approximate surface area is 130 Å². The van der Waals surface area contributed by atoms with Crippen molar-refractivity contribution in [3.05, 3.63) is 34.9 Å². The van der Waals surface area contributed by atoms with E-state index in [1.54, 1.807) is 0 Å². The van der Waals surface area contributed by atoms with Crippen LogP contribution in [-0.2, 0) is 6.42 Å². The van der Waals surface area contributed by atoms with E-state index in [2.05, 4.69) is 58.0 Å². The van der Waals surface area contributed by atoms with Crippen molar-refractivity contribution in [3.63, 3.8) is 0 Å². The normalized spacial score (nSPS) is 27.9. The lowest BCUT2D eigenvalue weighted by atomic mass is 9.71. The predicted molar refractivity (Wildman–Crippen MR) is 91.6 cm³/mol. The van der Waals surface area contributed by atoms with Gasteiger partial charge in [0.05, 0.1) is 0 Å². The molecule has 0 bridgehead atoms. The smallest absolute Gasteiger partial charge is 0.0357 e. The second-order valence-electron chi connectivity index (χ2n) is 7.42. The molecule has 0 aliphatic heterocycles. The minimum atomic E-state index is 0.169. The Kier molecular flexibility index (Phi) is 5.11. The van der Waals surface area contributed by atoms with Crippen LogP contribution >= 0.6 is 0 Å². The van der Waals surface area contributed by atoms with Crippen molar-refractivity contribution < 1.29 is 0 Å². The Morgan fingerprint density at radius 3 is 2.43 bits per heavy atom. The van der Waals surface area contributed by atoms with Crippen LogP contribution in [0.2, 0.25) is 0 Å². The number of likely N-dealkylation sites (N-methyl/N-ethyl adjacent to an activating group) is 1. The van der Waals surface area contributed by atoms with Crippen LogP contribution in [0.15, 0.2) is 18.2 Å². The highest BCUT2D eigenvalue weighted by Gasteiger charge is 2.41. The topological polar surface area (TPSA) is 29.3 Å². The summed E-state index contributed by atoms with van der Waals surface area (Å²) in [5, 5.41) is 0. The van der Waals surface area contributed by atoms with Crippen LogP contribution in [0.25, 0.3) is 0 Å². The molecule has 0 aromatic heterocycles. The molecule has 2 nitrogen and oxygen atoms in total. The number of rotatable bonds is 4. The van der Waals surface area contributed by atoms with Gasteiger partial charge >= 0.3 is 0 Å². The fraction of sp³-hybridized carbons (Fsp3) is 0.684. The van der Waals surface area contributed by atoms with Crippen molar-refractivity contribution in [1.82, 2.24) is 4.90 Å². The van der Waals surface area contributed by atoms with Crippen LogP contribution in [0.4, 0.5) is 0 Å². The van der Waals surface area contributed by atoms with E-state index in [0.29, 0.717) is 0 Å². The molecule has 2 heteroatoms. The van der Waals surface area contributed by atoms with E-state index in [4.69, 9.17) is 5.73 Å². The largest absolute Gasteiger partial charge is 0.326 e. The quantitative estimate of drug-likeness (QED) is 0.915. The summed E-state index contributed by atoms with van der Waals surface area (Å²) >= 11 is 0. The Morgan fingerprint density at radius 1 is 1.24 bits per heavy atom. The molecule has 21 heavy (non-hydrogen) atoms. The molecule has 1 saturated carbocycles. The van der Waals surface area contributed by atoms with Crippen LogP contribution in [0.1, 0.15) is 49.3 Å². The molecule has 1 atom stereocenters. The van der Waals surface area contributed by atoms with Gasteiger partial charge in [-0.15, -0.1) is 0 Å². The molecule has 2 rings (SSSR count). The van der Waals surface area contributed by atoms with E-state index in [9.17, 15) is 0 Å². The van der Waals surface area contributed by atoms with Crippen LogP contribution in [0.5, 0.6) is 0 Å². The van der Waals surface area contributed by atoms with E-state index in [0.717, 1.165) is 12.3 Å². The Bertz CT molecular complexity index is 470. The Balaban J connectivity index is 2.19. The second-order valence-corrected chi connectivity index (χ2v) is 7.42. The van der Waals surface area contributed by atoms with Gasteiger partial charge in [0.25, 0.3) is 0 Å². The van der Waals surface area contributed by atoms with Crippen LogP contribution in [-0.4, -0.2) is 30.6 Å². The van der Waals surface area contributed by atoms with Gasteiger partial charge in [0.2, 0.25) is 0 Å². The van der Waals surface area contributed by atoms with Crippen LogP contribution < -0.4 is 5.73 Å². The van der Waals surface area contributed by atoms with Crippen molar-refractivity contribution in [2.45, 2.75) is 64.5 Å². The molecule has 1 aliphatic carbocycles. The highest BCUT2D eigenvalue weighted by atomic mass is 15.2. The first kappa shape index (κ1) is 16.5. The molecule has 1 aromatic carbocycles. The molecular weight excluding hydrogens is 256 g/mol. The average Bonchev–Trinajstić information content (AvgIpc) is 2.43. The number of hydrogen-bond donors (Lipinski definition) is 1. The van der Waals surface area contributed by atoms with Crippen molar-refractivity contribution in [3.8, 4) is 0 Å². The summed E-state index contributed by atoms with van der Waals surface area (Å²) in [6.07, 6.45) is 6.05. The van der Waals surface area contributed by atoms with E-state index in [1.807, 2.05) is 0 Å². The molecule has 1 fully saturated rings. The van der Waals surface area contributed by atoms with Gasteiger partial charge in [-0.3, -0.25) is 0 Å². The molecule has 0 amide bonds. The lowest BCUT2D eigenvalue weighted by molar-refractivity contribution is 0.0568. The molecule has 1 aromatic rings. The van der Waals surface area contributed by atoms with Gasteiger partial charge in [0.1, 0.15) is 0 Å². The minimum absolute atomic E-state index is 0.169. The third-order valence-corrected chi connectivity index (χ3v) is 5.67. The molecule has 1 aliphatic rings. The first-order valence-corrected chi connectivity index (χ1v) is 8.34. The summed E-state index contributed by atoms with van der Waals surface area (Å²) in [6, 6.07) is 6.93. The molecule has 0 radical (unpaired) electrons. The maximum atomic E-state index is 6.74. The number of nitrogens with zero attached hydrogens (tertiary/aromatic N) is 1. The highest BCUT2D eigenvalue weighted by molar-refractivity contribution is 5.31. The Hall–Kier alpha value is -0.860. The van der Waals surface area contributed by atoms with Gasteiger partial charge in [-0.2, -0.15) is 0 Å². The summed E-state index contributed by atoms with van der Waals surface area (Å²) < 4.78 is 0. The van der Waals surface area contributed by atoms with Gasteiger partial charge in [-0.05, 0) is 77.1 Å². The summed E-state index contributed by atoms with van der Waals surface area (Å²) in [5.74, 6) is 0.853. The van der Waals surface area contributed by atoms with Crippen molar-refractivity contribution in [2.75, 3.05) is 14.1 Å². The minimum Gasteiger partial charge on any atom is -0.326 e. The monoisotopic (exact) mass is 288 g/mol. The number of hydrogen-bond acceptors (Lipinski definition) is 2. The summed E-state index contributed by atoms with van der Waals surface area (Å²) in [7, 11) is 4.41. The van der Waals surface area contributed by atoms with E-state index in [-0.39, 0.29) is 11.6 Å². The van der Waals surface area contributed by atoms with Gasteiger partial charge in [-0.1, -0.05) is 30.7 Å². The van der Waals surface area contributed by atoms with Gasteiger partial charge in [-0.25, -0.2) is 0 Å². The molecule has 0 heterocycles. The highest BCUT2D eigenvalue weighted by Crippen LogP contribution is 2.38. The SMILES string of the molecule is Cc1ccc(C)c(CC(N)C2(N(C)C)CCC(C)CC2)c1. The maximum absolute atomic E-state index is 6.74. The fourth-order valence-corrected chi connectivity index (χ4v) is 3.86. The zero-order valence-electron chi connectivity index (χ0n) is 14.4. The molecule has 0 saturated heterocycles. The molecular formula is C19H32N2. The summed E-state index contributed by atoms with van der Waals surface area (Å²) in [5.41, 5.74) is 11.0. The van der Waals surface area contributed by atoms with Crippen molar-refractivity contribution >= 4 is 0 Å². The lowest BCUT2D eigenvalue weighted by Gasteiger charge is -2.48. The van der Waals surface area contributed by atoms with E-state index < -0.39 is 0 Å². The molecule has 118 valence electrons. The lowest BCUT2D eigenvalue weighted by Crippen LogP contribution is -2.59. The number of aryl methyl sites for hydroxylation is 2. The summed E-state index contributed by atoms with van der Waals surface area (Å²) in [4.78, 5) is 2.40. The third kappa shape index (κ3) is 3.49. The third-order valence-electron chi connectivity index (χ3n) is 5.67. The first-order valence-electron chi connectivity index (χ1n) is 8.34. The van der Waals surface area contributed by atoms with Gasteiger partial charge in [0, 0.05) is 11.6 Å². The van der Waals surface area contributed by atoms with Crippen LogP contribution in [0.3, 0.4) is 0 Å². The predicted octanol–water partition coefficient (Wildman–Crippen LogP) is 3.68. The second kappa shape index (κ2) is 6.50. The van der Waals surface area contributed by atoms with Crippen molar-refractivity contribution in [2.24, 2.45) is 11.7 Å². The zero-order valence-corrected chi connectivity index (χ0v) is 14.4. The average molecular weight is 288 g/mol. The molecule has 0 spiro atoms. The molecule has 1 unspecified atom stereocenters. The number of benzene rings is 1. The maximum Gasteiger partial charge on any atom is 0.0357 e. The zero-order chi connectivity index (χ0) is 15.6. The fourth-order valence-electron chi connectivity index (χ4n) is 3.86. The van der Waals surface area contributed by atoms with E-state index in [1.165, 1.54) is 42.4 Å².